The normalized spacial score (nSPS) is 14.7. The Bertz CT molecular complexity index is 531. The highest BCUT2D eigenvalue weighted by Gasteiger charge is 2.23. The maximum Gasteiger partial charge on any atom is 0.317 e. The number of nitrogens with one attached hydrogen (secondary N) is 1. The molecule has 3 amide bonds. The Morgan fingerprint density at radius 3 is 2.35 bits per heavy atom. The van der Waals surface area contributed by atoms with E-state index >= 15 is 0 Å². The van der Waals surface area contributed by atoms with Gasteiger partial charge in [-0.15, -0.1) is 11.8 Å². The average molecular weight is 356 g/mol. The van der Waals surface area contributed by atoms with E-state index in [1.54, 1.807) is 16.7 Å². The molecule has 23 heavy (non-hydrogen) atoms. The van der Waals surface area contributed by atoms with Gasteiger partial charge in [-0.3, -0.25) is 4.79 Å². The SMILES string of the molecule is CCNC(=O)N1CCN(C(=O)CCSc2ccc(Cl)cc2)CC1. The number of hydrogen-bond acceptors (Lipinski definition) is 3. The van der Waals surface area contributed by atoms with Crippen LogP contribution in [-0.4, -0.2) is 60.2 Å². The molecule has 2 rings (SSSR count). The Morgan fingerprint density at radius 2 is 1.74 bits per heavy atom. The summed E-state index contributed by atoms with van der Waals surface area (Å²) in [4.78, 5) is 28.7. The second kappa shape index (κ2) is 9.03. The molecule has 1 N–H and O–H groups in total. The van der Waals surface area contributed by atoms with E-state index in [-0.39, 0.29) is 11.9 Å². The topological polar surface area (TPSA) is 52.7 Å². The molecule has 0 saturated carbocycles. The summed E-state index contributed by atoms with van der Waals surface area (Å²) in [7, 11) is 0. The third-order valence-corrected chi connectivity index (χ3v) is 4.91. The van der Waals surface area contributed by atoms with Gasteiger partial charge in [-0.05, 0) is 31.2 Å². The summed E-state index contributed by atoms with van der Waals surface area (Å²) in [5.74, 6) is 0.902. The van der Waals surface area contributed by atoms with Crippen LogP contribution in [0.3, 0.4) is 0 Å². The quantitative estimate of drug-likeness (QED) is 0.826. The van der Waals surface area contributed by atoms with Crippen LogP contribution in [0.4, 0.5) is 4.79 Å². The van der Waals surface area contributed by atoms with Crippen LogP contribution in [0.1, 0.15) is 13.3 Å². The first-order valence-electron chi connectivity index (χ1n) is 7.79. The van der Waals surface area contributed by atoms with Gasteiger partial charge in [0.05, 0.1) is 0 Å². The van der Waals surface area contributed by atoms with Crippen LogP contribution in [0.25, 0.3) is 0 Å². The Hall–Kier alpha value is -1.40. The third kappa shape index (κ3) is 5.62. The van der Waals surface area contributed by atoms with E-state index in [1.807, 2.05) is 36.1 Å². The molecule has 1 aromatic carbocycles. The van der Waals surface area contributed by atoms with Gasteiger partial charge in [0, 0.05) is 54.8 Å². The standard InChI is InChI=1S/C16H22ClN3O2S/c1-2-18-16(22)20-10-8-19(9-11-20)15(21)7-12-23-14-5-3-13(17)4-6-14/h3-6H,2,7-12H2,1H3,(H,18,22). The van der Waals surface area contributed by atoms with Crippen molar-refractivity contribution in [1.29, 1.82) is 0 Å². The minimum Gasteiger partial charge on any atom is -0.339 e. The Kier molecular flexibility index (Phi) is 7.05. The molecule has 1 heterocycles. The molecule has 1 aliphatic heterocycles. The highest BCUT2D eigenvalue weighted by atomic mass is 35.5. The summed E-state index contributed by atoms with van der Waals surface area (Å²) in [5, 5.41) is 3.50. The molecule has 1 saturated heterocycles. The fourth-order valence-electron chi connectivity index (χ4n) is 2.37. The lowest BCUT2D eigenvalue weighted by Crippen LogP contribution is -2.53. The minimum absolute atomic E-state index is 0.0436. The smallest absolute Gasteiger partial charge is 0.317 e. The minimum atomic E-state index is -0.0436. The zero-order valence-corrected chi connectivity index (χ0v) is 14.8. The van der Waals surface area contributed by atoms with Crippen LogP contribution in [0.2, 0.25) is 5.02 Å². The molecule has 126 valence electrons. The van der Waals surface area contributed by atoms with Crippen LogP contribution in [0, 0.1) is 0 Å². The van der Waals surface area contributed by atoms with Crippen molar-refractivity contribution in [3.63, 3.8) is 0 Å². The van der Waals surface area contributed by atoms with Crippen molar-refractivity contribution in [3.8, 4) is 0 Å². The van der Waals surface area contributed by atoms with Crippen molar-refractivity contribution in [1.82, 2.24) is 15.1 Å². The number of benzene rings is 1. The highest BCUT2D eigenvalue weighted by Crippen LogP contribution is 2.21. The first-order valence-corrected chi connectivity index (χ1v) is 9.15. The van der Waals surface area contributed by atoms with Crippen molar-refractivity contribution >= 4 is 35.3 Å². The number of nitrogens with zero attached hydrogens (tertiary/aromatic N) is 2. The van der Waals surface area contributed by atoms with Gasteiger partial charge in [0.1, 0.15) is 0 Å². The lowest BCUT2D eigenvalue weighted by atomic mass is 10.3. The van der Waals surface area contributed by atoms with Crippen molar-refractivity contribution in [2.24, 2.45) is 0 Å². The molecular weight excluding hydrogens is 334 g/mol. The summed E-state index contributed by atoms with van der Waals surface area (Å²) < 4.78 is 0. The first kappa shape index (κ1) is 17.9. The molecule has 1 aliphatic rings. The molecule has 0 spiro atoms. The highest BCUT2D eigenvalue weighted by molar-refractivity contribution is 7.99. The van der Waals surface area contributed by atoms with E-state index < -0.39 is 0 Å². The molecule has 1 fully saturated rings. The number of thioether (sulfide) groups is 1. The van der Waals surface area contributed by atoms with E-state index in [2.05, 4.69) is 5.32 Å². The van der Waals surface area contributed by atoms with Gasteiger partial charge >= 0.3 is 6.03 Å². The third-order valence-electron chi connectivity index (χ3n) is 3.65. The summed E-state index contributed by atoms with van der Waals surface area (Å²) >= 11 is 7.50. The predicted octanol–water partition coefficient (Wildman–Crippen LogP) is 2.70. The van der Waals surface area contributed by atoms with Gasteiger partial charge in [-0.25, -0.2) is 4.79 Å². The van der Waals surface area contributed by atoms with E-state index in [0.29, 0.717) is 39.1 Å². The Labute approximate surface area is 146 Å². The molecular formula is C16H22ClN3O2S. The molecule has 5 nitrogen and oxygen atoms in total. The van der Waals surface area contributed by atoms with Gasteiger partial charge in [0.25, 0.3) is 0 Å². The number of hydrogen-bond donors (Lipinski definition) is 1. The molecule has 0 atom stereocenters. The van der Waals surface area contributed by atoms with Gasteiger partial charge in [-0.1, -0.05) is 11.6 Å². The van der Waals surface area contributed by atoms with Crippen LogP contribution in [0.15, 0.2) is 29.2 Å². The van der Waals surface area contributed by atoms with E-state index in [9.17, 15) is 9.59 Å². The van der Waals surface area contributed by atoms with E-state index in [0.717, 1.165) is 15.7 Å². The lowest BCUT2D eigenvalue weighted by Gasteiger charge is -2.34. The summed E-state index contributed by atoms with van der Waals surface area (Å²) in [6.07, 6.45) is 0.508. The summed E-state index contributed by atoms with van der Waals surface area (Å²) in [5.41, 5.74) is 0. The summed E-state index contributed by atoms with van der Waals surface area (Å²) in [6, 6.07) is 7.59. The van der Waals surface area contributed by atoms with Crippen molar-refractivity contribution in [3.05, 3.63) is 29.3 Å². The van der Waals surface area contributed by atoms with Crippen molar-refractivity contribution in [2.75, 3.05) is 38.5 Å². The number of urea groups is 1. The first-order chi connectivity index (χ1) is 11.1. The molecule has 1 aromatic rings. The second-order valence-electron chi connectivity index (χ2n) is 5.26. The van der Waals surface area contributed by atoms with Crippen LogP contribution < -0.4 is 5.32 Å². The maximum atomic E-state index is 12.2. The number of carbonyl (C=O) groups excluding carboxylic acids is 2. The van der Waals surface area contributed by atoms with Crippen LogP contribution >= 0.6 is 23.4 Å². The molecule has 0 unspecified atom stereocenters. The van der Waals surface area contributed by atoms with Crippen molar-refractivity contribution in [2.45, 2.75) is 18.2 Å². The van der Waals surface area contributed by atoms with Gasteiger partial charge < -0.3 is 15.1 Å². The van der Waals surface area contributed by atoms with Crippen LogP contribution in [-0.2, 0) is 4.79 Å². The predicted molar refractivity (Wildman–Crippen MR) is 94.0 cm³/mol. The number of amides is 3. The second-order valence-corrected chi connectivity index (χ2v) is 6.86. The van der Waals surface area contributed by atoms with Gasteiger partial charge in [-0.2, -0.15) is 0 Å². The average Bonchev–Trinajstić information content (AvgIpc) is 2.57. The van der Waals surface area contributed by atoms with E-state index in [1.165, 1.54) is 0 Å². The maximum absolute atomic E-state index is 12.2. The fourth-order valence-corrected chi connectivity index (χ4v) is 3.33. The lowest BCUT2D eigenvalue weighted by molar-refractivity contribution is -0.132. The number of piperazine rings is 1. The molecule has 0 bridgehead atoms. The largest absolute Gasteiger partial charge is 0.339 e. The van der Waals surface area contributed by atoms with Crippen molar-refractivity contribution < 1.29 is 9.59 Å². The Balaban J connectivity index is 1.68. The Morgan fingerprint density at radius 1 is 1.13 bits per heavy atom. The molecule has 0 radical (unpaired) electrons. The van der Waals surface area contributed by atoms with Crippen LogP contribution in [0.5, 0.6) is 0 Å². The molecule has 7 heteroatoms. The number of halogens is 1. The summed E-state index contributed by atoms with van der Waals surface area (Å²) in [6.45, 7) is 4.95. The molecule has 0 aliphatic carbocycles. The van der Waals surface area contributed by atoms with Gasteiger partial charge in [0.2, 0.25) is 5.91 Å². The number of rotatable bonds is 5. The van der Waals surface area contributed by atoms with Gasteiger partial charge in [0.15, 0.2) is 0 Å². The zero-order valence-electron chi connectivity index (χ0n) is 13.3. The monoisotopic (exact) mass is 355 g/mol. The molecule has 0 aromatic heterocycles. The fraction of sp³-hybridized carbons (Fsp3) is 0.500. The number of carbonyl (C=O) groups is 2. The zero-order chi connectivity index (χ0) is 16.7. The van der Waals surface area contributed by atoms with E-state index in [4.69, 9.17) is 11.6 Å².